The van der Waals surface area contributed by atoms with Gasteiger partial charge in [0.05, 0.1) is 0 Å². The van der Waals surface area contributed by atoms with Crippen molar-refractivity contribution in [2.24, 2.45) is 43.8 Å². The summed E-state index contributed by atoms with van der Waals surface area (Å²) in [4.78, 5) is 0. The van der Waals surface area contributed by atoms with Crippen molar-refractivity contribution in [3.8, 4) is 22.3 Å². The van der Waals surface area contributed by atoms with Crippen molar-refractivity contribution in [1.82, 2.24) is 0 Å². The normalized spacial score (nSPS) is 34.7. The van der Waals surface area contributed by atoms with E-state index < -0.39 is 19.3 Å². The fourth-order valence-electron chi connectivity index (χ4n) is 15.3. The fourth-order valence-corrected chi connectivity index (χ4v) is 30.4. The maximum absolute atomic E-state index is 4.16. The summed E-state index contributed by atoms with van der Waals surface area (Å²) < 4.78 is 7.90. The molecule has 0 radical (unpaired) electrons. The van der Waals surface area contributed by atoms with Gasteiger partial charge in [-0.25, -0.2) is 0 Å². The third kappa shape index (κ3) is 5.74. The topological polar surface area (TPSA) is 0 Å². The largest absolute Gasteiger partial charge is 1.00 e. The van der Waals surface area contributed by atoms with Gasteiger partial charge in [-0.3, -0.25) is 0 Å². The van der Waals surface area contributed by atoms with Crippen molar-refractivity contribution in [3.63, 3.8) is 0 Å². The molecule has 9 unspecified atom stereocenters. The first-order valence-corrected chi connectivity index (χ1v) is 28.2. The Bertz CT molecular complexity index is 2710. The molecule has 0 saturated heterocycles. The van der Waals surface area contributed by atoms with Gasteiger partial charge in [-0.15, -0.1) is 0 Å². The van der Waals surface area contributed by atoms with Gasteiger partial charge in [0.25, 0.3) is 0 Å². The molecule has 10 rings (SSSR count). The molecule has 9 atom stereocenters. The van der Waals surface area contributed by atoms with Gasteiger partial charge in [0.15, 0.2) is 0 Å². The standard InChI is InChI=1S/C29H37.2C13H10.C5H5.2ClH.Zr/c1-21-14-13-15-22-20-27(6)25(4)18-10-9-16-23(25,2)24(3)17-11-12-19-26(24,5)29(27,8)28(21,22)7;2*1-11-7-9-13(10-8-11)12-5-3-2-4-6-12;1-2-4-5-3-1;;;/h9-20,22H,1-8H3;2*1-10H;1-3H,4H2;2*1H;/q;;;;;;+2/p-2. The number of rotatable bonds is 6. The Morgan fingerprint density at radius 2 is 0.937 bits per heavy atom. The van der Waals surface area contributed by atoms with Gasteiger partial charge in [-0.05, 0) is 0 Å². The summed E-state index contributed by atoms with van der Waals surface area (Å²) in [7, 11) is 0. The Labute approximate surface area is 394 Å². The average molecular weight is 945 g/mol. The van der Waals surface area contributed by atoms with E-state index >= 15 is 0 Å². The van der Waals surface area contributed by atoms with Gasteiger partial charge in [-0.1, -0.05) is 0 Å². The molecule has 2 fully saturated rings. The van der Waals surface area contributed by atoms with Crippen LogP contribution in [0.2, 0.25) is 3.63 Å². The molecule has 0 aliphatic heterocycles. The minimum Gasteiger partial charge on any atom is -1.00 e. The number of fused-ring (bicyclic) bond motifs is 8. The molecule has 2 saturated carbocycles. The van der Waals surface area contributed by atoms with Gasteiger partial charge < -0.3 is 24.8 Å². The molecule has 6 aliphatic carbocycles. The minimum absolute atomic E-state index is 0. The number of halogens is 2. The molecule has 0 N–H and O–H groups in total. The Hall–Kier alpha value is -4.00. The predicted octanol–water partition coefficient (Wildman–Crippen LogP) is 9.27. The van der Waals surface area contributed by atoms with Crippen molar-refractivity contribution >= 4 is 7.42 Å². The van der Waals surface area contributed by atoms with E-state index in [9.17, 15) is 0 Å². The molecule has 63 heavy (non-hydrogen) atoms. The molecule has 320 valence electrons. The molecule has 0 heterocycles. The second kappa shape index (κ2) is 15.9. The molecule has 4 aromatic rings. The van der Waals surface area contributed by atoms with E-state index in [1.807, 2.05) is 0 Å². The van der Waals surface area contributed by atoms with Gasteiger partial charge in [0.2, 0.25) is 0 Å². The van der Waals surface area contributed by atoms with E-state index in [1.54, 1.807) is 3.28 Å². The molecule has 6 aliphatic rings. The van der Waals surface area contributed by atoms with Crippen molar-refractivity contribution in [2.45, 2.75) is 65.4 Å². The van der Waals surface area contributed by atoms with Crippen LogP contribution in [-0.4, -0.2) is 7.42 Å². The van der Waals surface area contributed by atoms with Crippen molar-refractivity contribution in [2.75, 3.05) is 0 Å². The summed E-state index contributed by atoms with van der Waals surface area (Å²) in [5.41, 5.74) is 8.13. The zero-order valence-electron chi connectivity index (χ0n) is 38.2. The minimum atomic E-state index is -4.16. The van der Waals surface area contributed by atoms with Gasteiger partial charge >= 0.3 is 372 Å². The number of hydrogen-bond donors (Lipinski definition) is 0. The van der Waals surface area contributed by atoms with Crippen molar-refractivity contribution < 1.29 is 44.1 Å². The quantitative estimate of drug-likeness (QED) is 0.181. The van der Waals surface area contributed by atoms with Crippen LogP contribution in [0, 0.1) is 43.8 Å². The first kappa shape index (κ1) is 45.6. The smallest absolute Gasteiger partial charge is 1.00 e. The molecule has 0 spiro atoms. The average Bonchev–Trinajstić information content (AvgIpc) is 3.89. The maximum Gasteiger partial charge on any atom is -1.00 e. The Balaban J connectivity index is 0.00000272. The van der Waals surface area contributed by atoms with Gasteiger partial charge in [0.1, 0.15) is 0 Å². The Kier molecular flexibility index (Phi) is 11.5. The second-order valence-electron chi connectivity index (χ2n) is 20.5. The molecule has 0 nitrogen and oxygen atoms in total. The van der Waals surface area contributed by atoms with Crippen LogP contribution in [-0.2, 0) is 19.3 Å². The third-order valence-corrected chi connectivity index (χ3v) is 31.7. The van der Waals surface area contributed by atoms with E-state index in [0.717, 1.165) is 6.42 Å². The van der Waals surface area contributed by atoms with E-state index in [-0.39, 0.29) is 62.7 Å². The summed E-state index contributed by atoms with van der Waals surface area (Å²) in [5.74, 6) is 0.323. The molecule has 0 amide bonds. The monoisotopic (exact) mass is 942 g/mol. The number of hydrogen-bond acceptors (Lipinski definition) is 0. The number of allylic oxidation sites excluding steroid dienone is 16. The zero-order valence-corrected chi connectivity index (χ0v) is 42.2. The third-order valence-electron chi connectivity index (χ3n) is 19.2. The van der Waals surface area contributed by atoms with Crippen molar-refractivity contribution in [1.29, 1.82) is 0 Å². The molecule has 3 heteroatoms. The van der Waals surface area contributed by atoms with E-state index in [4.69, 9.17) is 0 Å². The van der Waals surface area contributed by atoms with Gasteiger partial charge in [0, 0.05) is 0 Å². The zero-order chi connectivity index (χ0) is 42.5. The first-order valence-electron chi connectivity index (χ1n) is 22.7. The Morgan fingerprint density at radius 3 is 1.41 bits per heavy atom. The van der Waals surface area contributed by atoms with Crippen LogP contribution in [0.5, 0.6) is 0 Å². The molecular weight excluding hydrogens is 883 g/mol. The van der Waals surface area contributed by atoms with E-state index in [1.165, 1.54) is 39.0 Å². The van der Waals surface area contributed by atoms with Crippen molar-refractivity contribution in [3.05, 3.63) is 214 Å². The summed E-state index contributed by atoms with van der Waals surface area (Å²) >= 11 is -4.16. The second-order valence-corrected chi connectivity index (χ2v) is 29.6. The summed E-state index contributed by atoms with van der Waals surface area (Å²) in [6.45, 7) is 21.4. The van der Waals surface area contributed by atoms with Crippen LogP contribution in [0.3, 0.4) is 0 Å². The van der Waals surface area contributed by atoms with Crippen LogP contribution in [0.15, 0.2) is 203 Å². The molecule has 4 aromatic carbocycles. The van der Waals surface area contributed by atoms with Gasteiger partial charge in [-0.2, -0.15) is 0 Å². The molecule has 0 bridgehead atoms. The summed E-state index contributed by atoms with van der Waals surface area (Å²) in [6, 6.07) is 40.9. The summed E-state index contributed by atoms with van der Waals surface area (Å²) in [6.07, 6.45) is 36.2. The SMILES string of the molecule is CC1=CC=CC2[CH]([Zr+2](=[CH]c3ccc(-c4ccccc4)cc3)(=[CH]c3ccc(-c4ccccc4)cc3)[C]3=CC=CC3)C3(C)C4(C)C=CC=CC4(C)C4(C)C=CC=CC4(C)C3(C)C12C.[Cl-].[Cl-]. The van der Waals surface area contributed by atoms with Crippen LogP contribution >= 0.6 is 0 Å². The van der Waals surface area contributed by atoms with E-state index in [0.29, 0.717) is 9.54 Å². The maximum atomic E-state index is 2.92. The van der Waals surface area contributed by atoms with E-state index in [2.05, 4.69) is 257 Å². The summed E-state index contributed by atoms with van der Waals surface area (Å²) in [5, 5.41) is 0. The molecular formula is C60H62Cl2Zr. The van der Waals surface area contributed by atoms with Crippen LogP contribution in [0.4, 0.5) is 0 Å². The molecule has 0 aromatic heterocycles. The van der Waals surface area contributed by atoms with Crippen LogP contribution < -0.4 is 24.8 Å². The fraction of sp³-hybridized carbons (Fsp3) is 0.300. The number of benzene rings is 4. The Morgan fingerprint density at radius 1 is 0.492 bits per heavy atom. The van der Waals surface area contributed by atoms with Crippen LogP contribution in [0.25, 0.3) is 22.3 Å². The predicted molar refractivity (Wildman–Crippen MR) is 259 cm³/mol. The van der Waals surface area contributed by atoms with Crippen LogP contribution in [0.1, 0.15) is 72.9 Å². The first-order chi connectivity index (χ1) is 29.2.